The van der Waals surface area contributed by atoms with Crippen LogP contribution in [0.2, 0.25) is 0 Å². The molecular formula is C9H12FNO2S. The Kier molecular flexibility index (Phi) is 3.10. The molecular weight excluding hydrogens is 205 g/mol. The summed E-state index contributed by atoms with van der Waals surface area (Å²) < 4.78 is 34.5. The summed E-state index contributed by atoms with van der Waals surface area (Å²) in [5, 5.41) is 2.64. The summed E-state index contributed by atoms with van der Waals surface area (Å²) in [7, 11) is -3.08. The van der Waals surface area contributed by atoms with Crippen molar-refractivity contribution in [2.24, 2.45) is 0 Å². The van der Waals surface area contributed by atoms with E-state index in [-0.39, 0.29) is 11.7 Å². The highest BCUT2D eigenvalue weighted by Gasteiger charge is 2.02. The van der Waals surface area contributed by atoms with Gasteiger partial charge in [-0.3, -0.25) is 0 Å². The van der Waals surface area contributed by atoms with Crippen molar-refractivity contribution in [2.75, 3.05) is 17.4 Å². The van der Waals surface area contributed by atoms with E-state index in [0.717, 1.165) is 11.8 Å². The van der Waals surface area contributed by atoms with Gasteiger partial charge in [-0.15, -0.1) is 0 Å². The van der Waals surface area contributed by atoms with Crippen molar-refractivity contribution < 1.29 is 12.8 Å². The van der Waals surface area contributed by atoms with Gasteiger partial charge in [0.05, 0.1) is 0 Å². The Bertz CT molecular complexity index is 408. The molecule has 0 amide bonds. The molecule has 1 aromatic rings. The highest BCUT2D eigenvalue weighted by atomic mass is 32.2. The number of anilines is 1. The fourth-order valence-corrected chi connectivity index (χ4v) is 1.48. The lowest BCUT2D eigenvalue weighted by atomic mass is 10.2. The molecule has 0 aliphatic heterocycles. The molecule has 0 heterocycles. The Morgan fingerprint density at radius 1 is 1.36 bits per heavy atom. The Hall–Kier alpha value is -1.10. The van der Waals surface area contributed by atoms with E-state index in [4.69, 9.17) is 0 Å². The van der Waals surface area contributed by atoms with Crippen LogP contribution in [0, 0.1) is 12.7 Å². The smallest absolute Gasteiger partial charge is 0.165 e. The van der Waals surface area contributed by atoms with Gasteiger partial charge in [-0.1, -0.05) is 0 Å². The molecule has 0 radical (unpaired) electrons. The molecule has 0 bridgehead atoms. The van der Waals surface area contributed by atoms with Crippen molar-refractivity contribution in [1.29, 1.82) is 0 Å². The van der Waals surface area contributed by atoms with Crippen LogP contribution in [-0.2, 0) is 9.84 Å². The Labute approximate surface area is 82.9 Å². The number of aryl methyl sites for hydroxylation is 1. The number of halogens is 1. The number of hydrogen-bond acceptors (Lipinski definition) is 3. The molecule has 78 valence electrons. The van der Waals surface area contributed by atoms with Crippen LogP contribution in [0.15, 0.2) is 18.2 Å². The Morgan fingerprint density at radius 3 is 2.50 bits per heavy atom. The van der Waals surface area contributed by atoms with Crippen molar-refractivity contribution >= 4 is 15.5 Å². The average Bonchev–Trinajstić information content (AvgIpc) is 1.97. The molecule has 0 aliphatic carbocycles. The maximum absolute atomic E-state index is 12.9. The first-order chi connectivity index (χ1) is 6.37. The minimum absolute atomic E-state index is 0.185. The number of hydrogen-bond donors (Lipinski definition) is 1. The van der Waals surface area contributed by atoms with Crippen LogP contribution in [0.3, 0.4) is 0 Å². The predicted molar refractivity (Wildman–Crippen MR) is 54.5 cm³/mol. The Balaban J connectivity index is 2.78. The van der Waals surface area contributed by atoms with E-state index in [1.165, 1.54) is 12.1 Å². The van der Waals surface area contributed by atoms with Gasteiger partial charge in [0.1, 0.15) is 11.7 Å². The molecule has 0 fully saturated rings. The van der Waals surface area contributed by atoms with Crippen LogP contribution in [-0.4, -0.2) is 20.6 Å². The molecule has 1 aromatic carbocycles. The standard InChI is InChI=1S/C9H12FNO2S/c1-7-3-8(10)5-9(4-7)11-6-14(2,12)13/h3-5,11H,6H2,1-2H3. The molecule has 0 atom stereocenters. The van der Waals surface area contributed by atoms with Gasteiger partial charge in [0.15, 0.2) is 9.84 Å². The van der Waals surface area contributed by atoms with Crippen LogP contribution < -0.4 is 5.32 Å². The summed E-state index contributed by atoms with van der Waals surface area (Å²) in [5.41, 5.74) is 1.23. The minimum Gasteiger partial charge on any atom is -0.371 e. The van der Waals surface area contributed by atoms with Crippen molar-refractivity contribution in [2.45, 2.75) is 6.92 Å². The van der Waals surface area contributed by atoms with E-state index in [0.29, 0.717) is 5.69 Å². The third-order valence-electron chi connectivity index (χ3n) is 1.58. The topological polar surface area (TPSA) is 46.2 Å². The van der Waals surface area contributed by atoms with E-state index in [1.54, 1.807) is 13.0 Å². The zero-order valence-corrected chi connectivity index (χ0v) is 8.86. The highest BCUT2D eigenvalue weighted by Crippen LogP contribution is 2.13. The Morgan fingerprint density at radius 2 is 2.00 bits per heavy atom. The van der Waals surface area contributed by atoms with Gasteiger partial charge in [-0.2, -0.15) is 0 Å². The van der Waals surface area contributed by atoms with Gasteiger partial charge in [-0.25, -0.2) is 12.8 Å². The fraction of sp³-hybridized carbons (Fsp3) is 0.333. The van der Waals surface area contributed by atoms with E-state index in [9.17, 15) is 12.8 Å². The van der Waals surface area contributed by atoms with E-state index >= 15 is 0 Å². The summed E-state index contributed by atoms with van der Waals surface area (Å²) >= 11 is 0. The minimum atomic E-state index is -3.08. The van der Waals surface area contributed by atoms with Gasteiger partial charge < -0.3 is 5.32 Å². The van der Waals surface area contributed by atoms with Gasteiger partial charge >= 0.3 is 0 Å². The quantitative estimate of drug-likeness (QED) is 0.835. The van der Waals surface area contributed by atoms with Gasteiger partial charge in [-0.05, 0) is 30.7 Å². The van der Waals surface area contributed by atoms with E-state index in [1.807, 2.05) is 0 Å². The van der Waals surface area contributed by atoms with Crippen molar-refractivity contribution in [1.82, 2.24) is 0 Å². The third kappa shape index (κ3) is 3.74. The van der Waals surface area contributed by atoms with Crippen molar-refractivity contribution in [3.05, 3.63) is 29.6 Å². The predicted octanol–water partition coefficient (Wildman–Crippen LogP) is 1.55. The van der Waals surface area contributed by atoms with Gasteiger partial charge in [0.2, 0.25) is 0 Å². The molecule has 1 rings (SSSR count). The zero-order valence-electron chi connectivity index (χ0n) is 8.04. The lowest BCUT2D eigenvalue weighted by Crippen LogP contribution is -2.12. The SMILES string of the molecule is Cc1cc(F)cc(NCS(C)(=O)=O)c1. The molecule has 0 saturated carbocycles. The fourth-order valence-electron chi connectivity index (χ4n) is 1.05. The first-order valence-electron chi connectivity index (χ1n) is 4.05. The second-order valence-corrected chi connectivity index (χ2v) is 5.40. The summed E-state index contributed by atoms with van der Waals surface area (Å²) in [4.78, 5) is 0. The molecule has 5 heteroatoms. The molecule has 0 spiro atoms. The maximum atomic E-state index is 12.9. The maximum Gasteiger partial charge on any atom is 0.165 e. The normalized spacial score (nSPS) is 11.4. The van der Waals surface area contributed by atoms with Gasteiger partial charge in [0.25, 0.3) is 0 Å². The molecule has 14 heavy (non-hydrogen) atoms. The van der Waals surface area contributed by atoms with Crippen molar-refractivity contribution in [3.8, 4) is 0 Å². The number of rotatable bonds is 3. The molecule has 0 unspecified atom stereocenters. The first kappa shape index (κ1) is 11.0. The highest BCUT2D eigenvalue weighted by molar-refractivity contribution is 7.90. The number of benzene rings is 1. The van der Waals surface area contributed by atoms with Crippen molar-refractivity contribution in [3.63, 3.8) is 0 Å². The monoisotopic (exact) mass is 217 g/mol. The van der Waals surface area contributed by atoms with Crippen LogP contribution in [0.1, 0.15) is 5.56 Å². The van der Waals surface area contributed by atoms with Gasteiger partial charge in [0, 0.05) is 11.9 Å². The van der Waals surface area contributed by atoms with E-state index < -0.39 is 9.84 Å². The summed E-state index contributed by atoms with van der Waals surface area (Å²) in [6.45, 7) is 1.74. The molecule has 3 nitrogen and oxygen atoms in total. The second kappa shape index (κ2) is 3.96. The van der Waals surface area contributed by atoms with E-state index in [2.05, 4.69) is 5.32 Å². The lowest BCUT2D eigenvalue weighted by molar-refractivity contribution is 0.603. The summed E-state index contributed by atoms with van der Waals surface area (Å²) in [6, 6.07) is 4.33. The number of nitrogens with one attached hydrogen (secondary N) is 1. The number of sulfone groups is 1. The largest absolute Gasteiger partial charge is 0.371 e. The average molecular weight is 217 g/mol. The zero-order chi connectivity index (χ0) is 10.8. The van der Waals surface area contributed by atoms with Crippen LogP contribution in [0.4, 0.5) is 10.1 Å². The molecule has 0 aromatic heterocycles. The van der Waals surface area contributed by atoms with Crippen LogP contribution >= 0.6 is 0 Å². The summed E-state index contributed by atoms with van der Waals surface area (Å²) in [5.74, 6) is -0.559. The second-order valence-electron chi connectivity index (χ2n) is 3.26. The molecule has 0 aliphatic rings. The third-order valence-corrected chi connectivity index (χ3v) is 2.25. The first-order valence-corrected chi connectivity index (χ1v) is 6.12. The summed E-state index contributed by atoms with van der Waals surface area (Å²) in [6.07, 6.45) is 1.12. The molecule has 1 N–H and O–H groups in total. The van der Waals surface area contributed by atoms with Crippen LogP contribution in [0.25, 0.3) is 0 Å². The lowest BCUT2D eigenvalue weighted by Gasteiger charge is -2.05. The van der Waals surface area contributed by atoms with Crippen LogP contribution in [0.5, 0.6) is 0 Å². The molecule has 0 saturated heterocycles.